The van der Waals surface area contributed by atoms with Gasteiger partial charge in [0.05, 0.1) is 11.0 Å². The van der Waals surface area contributed by atoms with Crippen LogP contribution in [0.5, 0.6) is 0 Å². The molecule has 0 N–H and O–H groups in total. The lowest BCUT2D eigenvalue weighted by Gasteiger charge is -1.94. The van der Waals surface area contributed by atoms with Gasteiger partial charge in [-0.25, -0.2) is 9.37 Å². The third-order valence-corrected chi connectivity index (χ3v) is 1.95. The maximum atomic E-state index is 12.9. The number of hydrogen-bond donors (Lipinski definition) is 0. The monoisotopic (exact) mass is 191 g/mol. The maximum absolute atomic E-state index is 12.9. The molecule has 0 unspecified atom stereocenters. The molecule has 1 aromatic heterocycles. The molecule has 70 valence electrons. The number of hydrogen-bond acceptors (Lipinski definition) is 2. The quantitative estimate of drug-likeness (QED) is 0.388. The number of aromatic nitrogens is 2. The van der Waals surface area contributed by atoms with Crippen LogP contribution in [-0.4, -0.2) is 9.55 Å². The molecule has 2 rings (SSSR count). The second-order valence-corrected chi connectivity index (χ2v) is 2.79. The second kappa shape index (κ2) is 3.01. The molecule has 0 saturated carbocycles. The van der Waals surface area contributed by atoms with Crippen LogP contribution in [0.4, 0.5) is 10.3 Å². The van der Waals surface area contributed by atoms with Crippen LogP contribution in [-0.2, 0) is 7.05 Å². The summed E-state index contributed by atoms with van der Waals surface area (Å²) in [5.41, 5.74) is 9.47. The van der Waals surface area contributed by atoms with Gasteiger partial charge in [-0.2, -0.15) is 0 Å². The molecule has 0 amide bonds. The van der Waals surface area contributed by atoms with Crippen LogP contribution >= 0.6 is 0 Å². The van der Waals surface area contributed by atoms with E-state index in [-0.39, 0.29) is 11.8 Å². The summed E-state index contributed by atoms with van der Waals surface area (Å²) in [6.07, 6.45) is 0. The highest BCUT2D eigenvalue weighted by atomic mass is 19.1. The van der Waals surface area contributed by atoms with Crippen LogP contribution in [0.25, 0.3) is 21.5 Å². The average molecular weight is 191 g/mol. The van der Waals surface area contributed by atoms with Gasteiger partial charge < -0.3 is 4.57 Å². The molecule has 0 aliphatic heterocycles. The first-order valence-electron chi connectivity index (χ1n) is 3.89. The minimum atomic E-state index is -0.340. The highest BCUT2D eigenvalue weighted by molar-refractivity contribution is 5.77. The van der Waals surface area contributed by atoms with E-state index < -0.39 is 0 Å². The molecule has 5 nitrogen and oxygen atoms in total. The Labute approximate surface area is 78.4 Å². The Kier molecular flexibility index (Phi) is 1.83. The largest absolute Gasteiger partial charge is 0.326 e. The SMILES string of the molecule is Cn1c(N=[N+]=[N-])nc2ccc(F)cc21. The van der Waals surface area contributed by atoms with Crippen LogP contribution in [0.15, 0.2) is 23.3 Å². The van der Waals surface area contributed by atoms with Crippen molar-refractivity contribution in [3.05, 3.63) is 34.5 Å². The number of azide groups is 1. The normalized spacial score (nSPS) is 10.1. The van der Waals surface area contributed by atoms with Gasteiger partial charge in [0.25, 0.3) is 0 Å². The molecule has 1 heterocycles. The summed E-state index contributed by atoms with van der Waals surface area (Å²) in [5.74, 6) is -0.110. The highest BCUT2D eigenvalue weighted by Gasteiger charge is 2.06. The van der Waals surface area contributed by atoms with Crippen molar-refractivity contribution in [2.75, 3.05) is 0 Å². The Hall–Kier alpha value is -2.07. The van der Waals surface area contributed by atoms with Gasteiger partial charge in [-0.05, 0) is 28.8 Å². The highest BCUT2D eigenvalue weighted by Crippen LogP contribution is 2.20. The van der Waals surface area contributed by atoms with E-state index >= 15 is 0 Å². The number of nitrogens with zero attached hydrogens (tertiary/aromatic N) is 5. The standard InChI is InChI=1S/C8H6FN5/c1-14-7-4-5(9)2-3-6(7)11-8(14)12-13-10/h2-4H,1H3. The first kappa shape index (κ1) is 8.52. The number of halogens is 1. The van der Waals surface area contributed by atoms with E-state index in [2.05, 4.69) is 15.0 Å². The molecular weight excluding hydrogens is 185 g/mol. The Morgan fingerprint density at radius 1 is 1.57 bits per heavy atom. The minimum Gasteiger partial charge on any atom is -0.326 e. The smallest absolute Gasteiger partial charge is 0.197 e. The summed E-state index contributed by atoms with van der Waals surface area (Å²) in [4.78, 5) is 6.65. The van der Waals surface area contributed by atoms with Gasteiger partial charge in [0.2, 0.25) is 0 Å². The van der Waals surface area contributed by atoms with Crippen molar-refractivity contribution < 1.29 is 4.39 Å². The third-order valence-electron chi connectivity index (χ3n) is 1.95. The summed E-state index contributed by atoms with van der Waals surface area (Å²) in [7, 11) is 1.67. The Bertz CT molecular complexity index is 538. The minimum absolute atomic E-state index is 0.230. The first-order valence-corrected chi connectivity index (χ1v) is 3.89. The van der Waals surface area contributed by atoms with Gasteiger partial charge in [0.1, 0.15) is 5.82 Å². The maximum Gasteiger partial charge on any atom is 0.197 e. The summed E-state index contributed by atoms with van der Waals surface area (Å²) < 4.78 is 14.4. The van der Waals surface area contributed by atoms with Crippen molar-refractivity contribution in [1.82, 2.24) is 9.55 Å². The Balaban J connectivity index is 2.80. The molecule has 0 bridgehead atoms. The van der Waals surface area contributed by atoms with Crippen LogP contribution in [0.3, 0.4) is 0 Å². The van der Waals surface area contributed by atoms with Crippen LogP contribution in [0, 0.1) is 5.82 Å². The van der Waals surface area contributed by atoms with E-state index in [9.17, 15) is 4.39 Å². The molecule has 0 spiro atoms. The van der Waals surface area contributed by atoms with Crippen molar-refractivity contribution >= 4 is 17.0 Å². The number of imidazole rings is 1. The fraction of sp³-hybridized carbons (Fsp3) is 0.125. The molecule has 14 heavy (non-hydrogen) atoms. The molecule has 0 atom stereocenters. The van der Waals surface area contributed by atoms with E-state index in [4.69, 9.17) is 5.53 Å². The average Bonchev–Trinajstić information content (AvgIpc) is 2.46. The van der Waals surface area contributed by atoms with Crippen molar-refractivity contribution in [3.8, 4) is 0 Å². The molecule has 0 saturated heterocycles. The van der Waals surface area contributed by atoms with Crippen LogP contribution in [0.2, 0.25) is 0 Å². The fourth-order valence-corrected chi connectivity index (χ4v) is 1.28. The summed E-state index contributed by atoms with van der Waals surface area (Å²) >= 11 is 0. The van der Waals surface area contributed by atoms with Gasteiger partial charge in [0, 0.05) is 12.0 Å². The zero-order valence-corrected chi connectivity index (χ0v) is 7.35. The molecule has 1 aromatic carbocycles. The van der Waals surface area contributed by atoms with Gasteiger partial charge >= 0.3 is 0 Å². The summed E-state index contributed by atoms with van der Waals surface area (Å²) in [6, 6.07) is 4.20. The van der Waals surface area contributed by atoms with Crippen LogP contribution < -0.4 is 0 Å². The van der Waals surface area contributed by atoms with Crippen molar-refractivity contribution in [3.63, 3.8) is 0 Å². The topological polar surface area (TPSA) is 66.6 Å². The lowest BCUT2D eigenvalue weighted by Crippen LogP contribution is -1.86. The van der Waals surface area contributed by atoms with E-state index in [1.165, 1.54) is 16.7 Å². The predicted molar refractivity (Wildman–Crippen MR) is 49.5 cm³/mol. The Morgan fingerprint density at radius 2 is 2.36 bits per heavy atom. The number of benzene rings is 1. The zero-order valence-electron chi connectivity index (χ0n) is 7.35. The predicted octanol–water partition coefficient (Wildman–Crippen LogP) is 2.65. The molecule has 0 fully saturated rings. The van der Waals surface area contributed by atoms with Crippen molar-refractivity contribution in [2.24, 2.45) is 12.2 Å². The molecule has 0 radical (unpaired) electrons. The van der Waals surface area contributed by atoms with Crippen molar-refractivity contribution in [2.45, 2.75) is 0 Å². The second-order valence-electron chi connectivity index (χ2n) is 2.79. The van der Waals surface area contributed by atoms with Gasteiger partial charge in [0.15, 0.2) is 5.95 Å². The van der Waals surface area contributed by atoms with E-state index in [1.54, 1.807) is 13.1 Å². The molecule has 6 heteroatoms. The first-order chi connectivity index (χ1) is 6.72. The van der Waals surface area contributed by atoms with E-state index in [1.807, 2.05) is 0 Å². The van der Waals surface area contributed by atoms with Gasteiger partial charge in [-0.1, -0.05) is 0 Å². The molecular formula is C8H6FN5. The lowest BCUT2D eigenvalue weighted by molar-refractivity contribution is 0.629. The van der Waals surface area contributed by atoms with Crippen molar-refractivity contribution in [1.29, 1.82) is 0 Å². The molecule has 0 aliphatic carbocycles. The summed E-state index contributed by atoms with van der Waals surface area (Å²) in [5, 5.41) is 3.38. The summed E-state index contributed by atoms with van der Waals surface area (Å²) in [6.45, 7) is 0. The van der Waals surface area contributed by atoms with E-state index in [0.717, 1.165) is 0 Å². The number of rotatable bonds is 1. The van der Waals surface area contributed by atoms with E-state index in [0.29, 0.717) is 11.0 Å². The number of fused-ring (bicyclic) bond motifs is 1. The fourth-order valence-electron chi connectivity index (χ4n) is 1.28. The number of aryl methyl sites for hydroxylation is 1. The molecule has 2 aromatic rings. The third kappa shape index (κ3) is 1.18. The Morgan fingerprint density at radius 3 is 3.07 bits per heavy atom. The lowest BCUT2D eigenvalue weighted by atomic mass is 10.3. The zero-order chi connectivity index (χ0) is 10.1. The van der Waals surface area contributed by atoms with Gasteiger partial charge in [-0.15, -0.1) is 0 Å². The molecule has 0 aliphatic rings. The van der Waals surface area contributed by atoms with Gasteiger partial charge in [-0.3, -0.25) is 0 Å². The van der Waals surface area contributed by atoms with Crippen LogP contribution in [0.1, 0.15) is 0 Å².